The molecular weight excluding hydrogens is 258 g/mol. The van der Waals surface area contributed by atoms with Gasteiger partial charge in [0.15, 0.2) is 5.75 Å². The average Bonchev–Trinajstić information content (AvgIpc) is 2.46. The van der Waals surface area contributed by atoms with Crippen LogP contribution in [0.3, 0.4) is 0 Å². The van der Waals surface area contributed by atoms with Crippen LogP contribution in [0.5, 0.6) is 5.75 Å². The first-order chi connectivity index (χ1) is 9.70. The standard InChI is InChI=1S/C14H15N3O3/c1-2-15-14-9-5-6-11(16-14)10-20-13-8-4-3-7-12(13)17(18)19/h3-9H,2,10H2,1H3,(H,15,16). The maximum Gasteiger partial charge on any atom is 0.310 e. The van der Waals surface area contributed by atoms with E-state index in [2.05, 4.69) is 10.3 Å². The van der Waals surface area contributed by atoms with E-state index in [1.807, 2.05) is 25.1 Å². The van der Waals surface area contributed by atoms with Gasteiger partial charge in [-0.2, -0.15) is 0 Å². The van der Waals surface area contributed by atoms with E-state index in [0.29, 0.717) is 5.69 Å². The van der Waals surface area contributed by atoms with Gasteiger partial charge in [-0.3, -0.25) is 10.1 Å². The zero-order chi connectivity index (χ0) is 14.4. The Balaban J connectivity index is 2.09. The fourth-order valence-electron chi connectivity index (χ4n) is 1.72. The molecule has 0 saturated carbocycles. The molecule has 2 rings (SSSR count). The summed E-state index contributed by atoms with van der Waals surface area (Å²) in [5, 5.41) is 14.0. The van der Waals surface area contributed by atoms with Gasteiger partial charge in [0.1, 0.15) is 12.4 Å². The van der Waals surface area contributed by atoms with Crippen molar-refractivity contribution in [1.29, 1.82) is 0 Å². The molecule has 0 aliphatic rings. The van der Waals surface area contributed by atoms with Gasteiger partial charge in [0.25, 0.3) is 0 Å². The minimum atomic E-state index is -0.460. The van der Waals surface area contributed by atoms with E-state index in [-0.39, 0.29) is 18.0 Å². The smallest absolute Gasteiger partial charge is 0.310 e. The van der Waals surface area contributed by atoms with Crippen LogP contribution in [0.1, 0.15) is 12.6 Å². The fraction of sp³-hybridized carbons (Fsp3) is 0.214. The van der Waals surface area contributed by atoms with Gasteiger partial charge in [0, 0.05) is 12.6 Å². The Morgan fingerprint density at radius 2 is 2.05 bits per heavy atom. The van der Waals surface area contributed by atoms with Crippen molar-refractivity contribution in [3.8, 4) is 5.75 Å². The normalized spacial score (nSPS) is 10.1. The van der Waals surface area contributed by atoms with Gasteiger partial charge in [-0.1, -0.05) is 18.2 Å². The van der Waals surface area contributed by atoms with Gasteiger partial charge in [-0.25, -0.2) is 4.98 Å². The van der Waals surface area contributed by atoms with Crippen molar-refractivity contribution in [1.82, 2.24) is 4.98 Å². The number of ether oxygens (including phenoxy) is 1. The van der Waals surface area contributed by atoms with E-state index in [4.69, 9.17) is 4.74 Å². The van der Waals surface area contributed by atoms with Crippen molar-refractivity contribution in [2.75, 3.05) is 11.9 Å². The maximum absolute atomic E-state index is 10.9. The highest BCUT2D eigenvalue weighted by Gasteiger charge is 2.13. The molecule has 6 nitrogen and oxygen atoms in total. The summed E-state index contributed by atoms with van der Waals surface area (Å²) in [5.74, 6) is 1.00. The van der Waals surface area contributed by atoms with E-state index in [1.165, 1.54) is 6.07 Å². The molecule has 6 heteroatoms. The molecule has 1 N–H and O–H groups in total. The number of anilines is 1. The molecule has 0 aliphatic carbocycles. The van der Waals surface area contributed by atoms with Gasteiger partial charge in [0.05, 0.1) is 10.6 Å². The SMILES string of the molecule is CCNc1cccc(COc2ccccc2[N+](=O)[O-])n1. The lowest BCUT2D eigenvalue weighted by Gasteiger charge is -2.08. The number of rotatable bonds is 6. The molecule has 1 aromatic carbocycles. The Bertz CT molecular complexity index is 602. The Morgan fingerprint density at radius 1 is 1.25 bits per heavy atom. The summed E-state index contributed by atoms with van der Waals surface area (Å²) in [7, 11) is 0. The second-order valence-corrected chi connectivity index (χ2v) is 4.06. The number of para-hydroxylation sites is 2. The van der Waals surface area contributed by atoms with Crippen molar-refractivity contribution >= 4 is 11.5 Å². The number of nitrogens with zero attached hydrogens (tertiary/aromatic N) is 2. The Hall–Kier alpha value is -2.63. The maximum atomic E-state index is 10.9. The lowest BCUT2D eigenvalue weighted by atomic mass is 10.3. The number of benzene rings is 1. The van der Waals surface area contributed by atoms with Gasteiger partial charge >= 0.3 is 5.69 Å². The second kappa shape index (κ2) is 6.51. The number of aromatic nitrogens is 1. The third-order valence-electron chi connectivity index (χ3n) is 2.60. The highest BCUT2D eigenvalue weighted by molar-refractivity contribution is 5.45. The predicted molar refractivity (Wildman–Crippen MR) is 75.8 cm³/mol. The van der Waals surface area contributed by atoms with Crippen LogP contribution < -0.4 is 10.1 Å². The summed E-state index contributed by atoms with van der Waals surface area (Å²) < 4.78 is 5.49. The number of pyridine rings is 1. The average molecular weight is 273 g/mol. The Labute approximate surface area is 116 Å². The zero-order valence-corrected chi connectivity index (χ0v) is 11.1. The summed E-state index contributed by atoms with van der Waals surface area (Å²) in [6.07, 6.45) is 0. The number of nitro benzene ring substituents is 1. The van der Waals surface area contributed by atoms with Crippen molar-refractivity contribution in [2.24, 2.45) is 0 Å². The van der Waals surface area contributed by atoms with E-state index in [0.717, 1.165) is 12.4 Å². The van der Waals surface area contributed by atoms with Crippen molar-refractivity contribution in [3.05, 3.63) is 58.3 Å². The largest absolute Gasteiger partial charge is 0.480 e. The van der Waals surface area contributed by atoms with E-state index in [1.54, 1.807) is 18.2 Å². The quantitative estimate of drug-likeness (QED) is 0.646. The molecule has 0 atom stereocenters. The van der Waals surface area contributed by atoms with E-state index >= 15 is 0 Å². The lowest BCUT2D eigenvalue weighted by molar-refractivity contribution is -0.385. The number of hydrogen-bond donors (Lipinski definition) is 1. The Morgan fingerprint density at radius 3 is 2.80 bits per heavy atom. The molecule has 0 spiro atoms. The highest BCUT2D eigenvalue weighted by atomic mass is 16.6. The minimum Gasteiger partial charge on any atom is -0.480 e. The van der Waals surface area contributed by atoms with Crippen LogP contribution in [-0.4, -0.2) is 16.5 Å². The van der Waals surface area contributed by atoms with Crippen molar-refractivity contribution in [2.45, 2.75) is 13.5 Å². The van der Waals surface area contributed by atoms with Gasteiger partial charge in [0.2, 0.25) is 0 Å². The molecule has 20 heavy (non-hydrogen) atoms. The first kappa shape index (κ1) is 13.8. The monoisotopic (exact) mass is 273 g/mol. The summed E-state index contributed by atoms with van der Waals surface area (Å²) >= 11 is 0. The molecular formula is C14H15N3O3. The van der Waals surface area contributed by atoms with E-state index in [9.17, 15) is 10.1 Å². The summed E-state index contributed by atoms with van der Waals surface area (Å²) in [6, 6.07) is 11.8. The van der Waals surface area contributed by atoms with Gasteiger partial charge in [-0.05, 0) is 25.1 Å². The molecule has 0 saturated heterocycles. The molecule has 0 aliphatic heterocycles. The lowest BCUT2D eigenvalue weighted by Crippen LogP contribution is -2.04. The molecule has 104 valence electrons. The van der Waals surface area contributed by atoms with Crippen LogP contribution in [0, 0.1) is 10.1 Å². The van der Waals surface area contributed by atoms with E-state index < -0.39 is 4.92 Å². The van der Waals surface area contributed by atoms with Crippen LogP contribution in [-0.2, 0) is 6.61 Å². The van der Waals surface area contributed by atoms with Crippen LogP contribution in [0.25, 0.3) is 0 Å². The summed E-state index contributed by atoms with van der Waals surface area (Å²) in [4.78, 5) is 14.8. The molecule has 2 aromatic rings. The van der Waals surface area contributed by atoms with Crippen molar-refractivity contribution < 1.29 is 9.66 Å². The Kier molecular flexibility index (Phi) is 4.49. The summed E-state index contributed by atoms with van der Waals surface area (Å²) in [5.41, 5.74) is 0.664. The summed E-state index contributed by atoms with van der Waals surface area (Å²) in [6.45, 7) is 2.95. The third kappa shape index (κ3) is 3.44. The molecule has 0 amide bonds. The minimum absolute atomic E-state index is 0.0460. The number of nitrogens with one attached hydrogen (secondary N) is 1. The van der Waals surface area contributed by atoms with Gasteiger partial charge < -0.3 is 10.1 Å². The molecule has 0 radical (unpaired) electrons. The van der Waals surface area contributed by atoms with Crippen molar-refractivity contribution in [3.63, 3.8) is 0 Å². The molecule has 0 bridgehead atoms. The van der Waals surface area contributed by atoms with Crippen LogP contribution in [0.15, 0.2) is 42.5 Å². The van der Waals surface area contributed by atoms with Crippen LogP contribution >= 0.6 is 0 Å². The fourth-order valence-corrected chi connectivity index (χ4v) is 1.72. The molecule has 0 fully saturated rings. The highest BCUT2D eigenvalue weighted by Crippen LogP contribution is 2.26. The third-order valence-corrected chi connectivity index (χ3v) is 2.60. The predicted octanol–water partition coefficient (Wildman–Crippen LogP) is 3.00. The van der Waals surface area contributed by atoms with Gasteiger partial charge in [-0.15, -0.1) is 0 Å². The first-order valence-corrected chi connectivity index (χ1v) is 6.26. The molecule has 1 aromatic heterocycles. The topological polar surface area (TPSA) is 77.3 Å². The number of hydrogen-bond acceptors (Lipinski definition) is 5. The second-order valence-electron chi connectivity index (χ2n) is 4.06. The molecule has 1 heterocycles. The molecule has 0 unspecified atom stereocenters. The first-order valence-electron chi connectivity index (χ1n) is 6.26. The number of nitro groups is 1. The zero-order valence-electron chi connectivity index (χ0n) is 11.1. The van der Waals surface area contributed by atoms with Crippen LogP contribution in [0.4, 0.5) is 11.5 Å². The van der Waals surface area contributed by atoms with Crippen LogP contribution in [0.2, 0.25) is 0 Å².